The van der Waals surface area contributed by atoms with Crippen LogP contribution in [0.15, 0.2) is 67.3 Å². The molecule has 0 amide bonds. The molecule has 2 aromatic rings. The number of rotatable bonds is 10. The fourth-order valence-electron chi connectivity index (χ4n) is 2.10. The van der Waals surface area contributed by atoms with Crippen LogP contribution in [-0.4, -0.2) is 38.2 Å². The average molecular weight is 340 g/mol. The maximum absolute atomic E-state index is 12.6. The van der Waals surface area contributed by atoms with Crippen LogP contribution in [-0.2, 0) is 14.3 Å². The van der Waals surface area contributed by atoms with Crippen LogP contribution in [0.1, 0.15) is 15.9 Å². The van der Waals surface area contributed by atoms with Gasteiger partial charge in [-0.1, -0.05) is 49.0 Å². The van der Waals surface area contributed by atoms with Crippen LogP contribution < -0.4 is 4.74 Å². The third kappa shape index (κ3) is 5.90. The Bertz CT molecular complexity index is 709. The summed E-state index contributed by atoms with van der Waals surface area (Å²) in [6, 6.07) is 16.2. The molecule has 0 aliphatic rings. The van der Waals surface area contributed by atoms with Gasteiger partial charge in [-0.15, -0.1) is 0 Å². The van der Waals surface area contributed by atoms with Gasteiger partial charge in [0, 0.05) is 11.6 Å². The largest absolute Gasteiger partial charge is 0.490 e. The molecule has 130 valence electrons. The highest BCUT2D eigenvalue weighted by molar-refractivity contribution is 6.10. The third-order valence-electron chi connectivity index (χ3n) is 3.29. The summed E-state index contributed by atoms with van der Waals surface area (Å²) in [5, 5.41) is 0. The SMILES string of the molecule is C=CC(=O)OCCOCCOc1ccccc1C(=O)c1ccccc1. The van der Waals surface area contributed by atoms with Crippen molar-refractivity contribution in [2.24, 2.45) is 0 Å². The Labute approximate surface area is 146 Å². The van der Waals surface area contributed by atoms with Gasteiger partial charge in [-0.2, -0.15) is 0 Å². The monoisotopic (exact) mass is 340 g/mol. The van der Waals surface area contributed by atoms with E-state index in [-0.39, 0.29) is 25.6 Å². The van der Waals surface area contributed by atoms with Gasteiger partial charge in [0.1, 0.15) is 19.0 Å². The fraction of sp³-hybridized carbons (Fsp3) is 0.200. The van der Waals surface area contributed by atoms with Crippen LogP contribution in [0.5, 0.6) is 5.75 Å². The predicted octanol–water partition coefficient (Wildman–Crippen LogP) is 3.04. The Morgan fingerprint density at radius 3 is 2.32 bits per heavy atom. The summed E-state index contributed by atoms with van der Waals surface area (Å²) in [5.74, 6) is -0.0558. The van der Waals surface area contributed by atoms with E-state index in [1.54, 1.807) is 30.3 Å². The number of para-hydroxylation sites is 1. The highest BCUT2D eigenvalue weighted by Gasteiger charge is 2.13. The molecule has 0 heterocycles. The molecule has 0 unspecified atom stereocenters. The highest BCUT2D eigenvalue weighted by atomic mass is 16.6. The molecule has 5 nitrogen and oxygen atoms in total. The number of carbonyl (C=O) groups excluding carboxylic acids is 2. The fourth-order valence-corrected chi connectivity index (χ4v) is 2.10. The van der Waals surface area contributed by atoms with Gasteiger partial charge in [-0.3, -0.25) is 4.79 Å². The summed E-state index contributed by atoms with van der Waals surface area (Å²) in [7, 11) is 0. The van der Waals surface area contributed by atoms with Crippen LogP contribution in [0.4, 0.5) is 0 Å². The van der Waals surface area contributed by atoms with Gasteiger partial charge in [-0.25, -0.2) is 4.79 Å². The Hall–Kier alpha value is -2.92. The van der Waals surface area contributed by atoms with Gasteiger partial charge in [0.2, 0.25) is 0 Å². The van der Waals surface area contributed by atoms with Gasteiger partial charge in [0.05, 0.1) is 18.8 Å². The van der Waals surface area contributed by atoms with E-state index in [1.165, 1.54) is 0 Å². The third-order valence-corrected chi connectivity index (χ3v) is 3.29. The first-order valence-electron chi connectivity index (χ1n) is 7.91. The van der Waals surface area contributed by atoms with Crippen molar-refractivity contribution in [3.63, 3.8) is 0 Å². The lowest BCUT2D eigenvalue weighted by Crippen LogP contribution is -2.13. The predicted molar refractivity (Wildman–Crippen MR) is 93.8 cm³/mol. The van der Waals surface area contributed by atoms with Gasteiger partial charge in [0.25, 0.3) is 0 Å². The molecule has 2 rings (SSSR count). The zero-order chi connectivity index (χ0) is 17.9. The van der Waals surface area contributed by atoms with Gasteiger partial charge < -0.3 is 14.2 Å². The average Bonchev–Trinajstić information content (AvgIpc) is 2.67. The van der Waals surface area contributed by atoms with Gasteiger partial charge >= 0.3 is 5.97 Å². The highest BCUT2D eigenvalue weighted by Crippen LogP contribution is 2.21. The molecular formula is C20H20O5. The molecule has 0 aliphatic carbocycles. The summed E-state index contributed by atoms with van der Waals surface area (Å²) < 4.78 is 15.8. The van der Waals surface area contributed by atoms with E-state index in [0.717, 1.165) is 6.08 Å². The molecular weight excluding hydrogens is 320 g/mol. The van der Waals surface area contributed by atoms with E-state index in [0.29, 0.717) is 23.5 Å². The maximum atomic E-state index is 12.6. The van der Waals surface area contributed by atoms with Crippen molar-refractivity contribution in [2.75, 3.05) is 26.4 Å². The lowest BCUT2D eigenvalue weighted by atomic mass is 10.0. The summed E-state index contributed by atoms with van der Waals surface area (Å²) in [5.41, 5.74) is 1.12. The summed E-state index contributed by atoms with van der Waals surface area (Å²) in [6.45, 7) is 4.34. The van der Waals surface area contributed by atoms with Crippen molar-refractivity contribution in [3.8, 4) is 5.75 Å². The number of carbonyl (C=O) groups is 2. The molecule has 0 aliphatic heterocycles. The second-order valence-corrected chi connectivity index (χ2v) is 5.02. The standard InChI is InChI=1S/C20H20O5/c1-2-19(21)25-15-13-23-12-14-24-18-11-7-6-10-17(18)20(22)16-8-4-3-5-9-16/h2-11H,1,12-15H2. The number of hydrogen-bond donors (Lipinski definition) is 0. The van der Waals surface area contributed by atoms with Crippen molar-refractivity contribution < 1.29 is 23.8 Å². The smallest absolute Gasteiger partial charge is 0.330 e. The molecule has 0 saturated heterocycles. The minimum absolute atomic E-state index is 0.0894. The Morgan fingerprint density at radius 2 is 1.56 bits per heavy atom. The van der Waals surface area contributed by atoms with Crippen LogP contribution in [0.25, 0.3) is 0 Å². The number of hydrogen-bond acceptors (Lipinski definition) is 5. The van der Waals surface area contributed by atoms with Crippen molar-refractivity contribution in [2.45, 2.75) is 0 Å². The molecule has 0 radical (unpaired) electrons. The normalized spacial score (nSPS) is 10.1. The molecule has 0 N–H and O–H groups in total. The van der Waals surface area contributed by atoms with Crippen molar-refractivity contribution in [3.05, 3.63) is 78.4 Å². The number of benzene rings is 2. The quantitative estimate of drug-likeness (QED) is 0.288. The molecule has 0 atom stereocenters. The second-order valence-electron chi connectivity index (χ2n) is 5.02. The molecule has 0 saturated carbocycles. The van der Waals surface area contributed by atoms with Crippen molar-refractivity contribution in [1.29, 1.82) is 0 Å². The van der Waals surface area contributed by atoms with Crippen molar-refractivity contribution >= 4 is 11.8 Å². The molecule has 0 spiro atoms. The van der Waals surface area contributed by atoms with Gasteiger partial charge in [-0.05, 0) is 12.1 Å². The maximum Gasteiger partial charge on any atom is 0.330 e. The summed E-state index contributed by atoms with van der Waals surface area (Å²) in [4.78, 5) is 23.4. The Kier molecular flexibility index (Phi) is 7.41. The van der Waals surface area contributed by atoms with E-state index >= 15 is 0 Å². The van der Waals surface area contributed by atoms with Crippen molar-refractivity contribution in [1.82, 2.24) is 0 Å². The van der Waals surface area contributed by atoms with Crippen LogP contribution >= 0.6 is 0 Å². The lowest BCUT2D eigenvalue weighted by Gasteiger charge is -2.11. The number of esters is 1. The summed E-state index contributed by atoms with van der Waals surface area (Å²) in [6.07, 6.45) is 1.10. The zero-order valence-electron chi connectivity index (χ0n) is 13.9. The molecule has 0 fully saturated rings. The van der Waals surface area contributed by atoms with Crippen LogP contribution in [0.2, 0.25) is 0 Å². The molecule has 25 heavy (non-hydrogen) atoms. The molecule has 0 aromatic heterocycles. The zero-order valence-corrected chi connectivity index (χ0v) is 13.9. The first kappa shape index (κ1) is 18.4. The lowest BCUT2D eigenvalue weighted by molar-refractivity contribution is -0.139. The second kappa shape index (κ2) is 10.1. The van der Waals surface area contributed by atoms with E-state index < -0.39 is 5.97 Å². The first-order chi connectivity index (χ1) is 12.2. The van der Waals surface area contributed by atoms with E-state index in [4.69, 9.17) is 14.2 Å². The van der Waals surface area contributed by atoms with E-state index in [1.807, 2.05) is 24.3 Å². The molecule has 2 aromatic carbocycles. The topological polar surface area (TPSA) is 61.8 Å². The Morgan fingerprint density at radius 1 is 0.880 bits per heavy atom. The first-order valence-corrected chi connectivity index (χ1v) is 7.91. The number of ketones is 1. The van der Waals surface area contributed by atoms with Crippen LogP contribution in [0.3, 0.4) is 0 Å². The van der Waals surface area contributed by atoms with Gasteiger partial charge in [0.15, 0.2) is 5.78 Å². The van der Waals surface area contributed by atoms with E-state index in [9.17, 15) is 9.59 Å². The molecule has 5 heteroatoms. The van der Waals surface area contributed by atoms with E-state index in [2.05, 4.69) is 6.58 Å². The van der Waals surface area contributed by atoms with Crippen LogP contribution in [0, 0.1) is 0 Å². The minimum Gasteiger partial charge on any atom is -0.490 e. The number of ether oxygens (including phenoxy) is 3. The minimum atomic E-state index is -0.479. The Balaban J connectivity index is 1.82. The summed E-state index contributed by atoms with van der Waals surface area (Å²) >= 11 is 0. The molecule has 0 bridgehead atoms.